The Morgan fingerprint density at radius 2 is 2.20 bits per heavy atom. The third kappa shape index (κ3) is 2.78. The third-order valence-corrected chi connectivity index (χ3v) is 3.75. The Balaban J connectivity index is 3.03. The molecule has 0 amide bonds. The van der Waals surface area contributed by atoms with Crippen LogP contribution in [0.3, 0.4) is 0 Å². The van der Waals surface area contributed by atoms with Gasteiger partial charge >= 0.3 is 5.97 Å². The zero-order chi connectivity index (χ0) is 11.4. The minimum atomic E-state index is -0.842. The van der Waals surface area contributed by atoms with Gasteiger partial charge in [-0.1, -0.05) is 27.2 Å². The van der Waals surface area contributed by atoms with Crippen LogP contribution in [0.2, 0.25) is 0 Å². The summed E-state index contributed by atoms with van der Waals surface area (Å²) >= 11 is 1.33. The molecule has 0 bridgehead atoms. The second-order valence-electron chi connectivity index (χ2n) is 3.69. The number of hydrogen-bond donors (Lipinski definition) is 1. The molecular formula is C11H17NO2S. The fraction of sp³-hybridized carbons (Fsp3) is 0.636. The molecule has 0 aliphatic heterocycles. The van der Waals surface area contributed by atoms with E-state index in [-0.39, 0.29) is 0 Å². The second kappa shape index (κ2) is 5.26. The lowest BCUT2D eigenvalue weighted by Crippen LogP contribution is -1.98. The molecule has 0 fully saturated rings. The summed E-state index contributed by atoms with van der Waals surface area (Å²) in [6, 6.07) is 0. The number of aromatic nitrogens is 1. The van der Waals surface area contributed by atoms with Gasteiger partial charge in [0.1, 0.15) is 4.88 Å². The molecule has 1 aromatic rings. The van der Waals surface area contributed by atoms with Crippen LogP contribution in [-0.2, 0) is 6.42 Å². The predicted octanol–water partition coefficient (Wildman–Crippen LogP) is 3.31. The van der Waals surface area contributed by atoms with Gasteiger partial charge in [-0.2, -0.15) is 0 Å². The molecule has 15 heavy (non-hydrogen) atoms. The van der Waals surface area contributed by atoms with Crippen molar-refractivity contribution in [3.63, 3.8) is 0 Å². The maximum atomic E-state index is 11.0. The zero-order valence-electron chi connectivity index (χ0n) is 9.41. The highest BCUT2D eigenvalue weighted by Crippen LogP contribution is 2.27. The van der Waals surface area contributed by atoms with E-state index >= 15 is 0 Å². The van der Waals surface area contributed by atoms with Crippen LogP contribution in [-0.4, -0.2) is 16.1 Å². The number of rotatable bonds is 5. The monoisotopic (exact) mass is 227 g/mol. The van der Waals surface area contributed by atoms with E-state index in [1.165, 1.54) is 11.3 Å². The summed E-state index contributed by atoms with van der Waals surface area (Å²) in [7, 11) is 0. The average Bonchev–Trinajstić information content (AvgIpc) is 2.61. The molecule has 0 radical (unpaired) electrons. The Hall–Kier alpha value is -0.900. The van der Waals surface area contributed by atoms with Crippen molar-refractivity contribution in [3.05, 3.63) is 15.6 Å². The molecule has 84 valence electrons. The summed E-state index contributed by atoms with van der Waals surface area (Å²) in [4.78, 5) is 15.8. The molecule has 4 heteroatoms. The lowest BCUT2D eigenvalue weighted by atomic mass is 10.1. The Morgan fingerprint density at radius 1 is 1.53 bits per heavy atom. The number of carboxylic acids is 1. The molecule has 3 nitrogen and oxygen atoms in total. The Kier molecular flexibility index (Phi) is 4.27. The first-order valence-corrected chi connectivity index (χ1v) is 6.14. The van der Waals surface area contributed by atoms with Crippen LogP contribution in [0.5, 0.6) is 0 Å². The molecule has 1 unspecified atom stereocenters. The molecule has 0 aromatic carbocycles. The average molecular weight is 227 g/mol. The van der Waals surface area contributed by atoms with Gasteiger partial charge < -0.3 is 5.11 Å². The van der Waals surface area contributed by atoms with E-state index in [1.807, 2.05) is 6.92 Å². The van der Waals surface area contributed by atoms with Gasteiger partial charge in [0, 0.05) is 5.92 Å². The minimum Gasteiger partial charge on any atom is -0.477 e. The summed E-state index contributed by atoms with van der Waals surface area (Å²) < 4.78 is 0. The number of thiazole rings is 1. The second-order valence-corrected chi connectivity index (χ2v) is 4.72. The molecular weight excluding hydrogens is 210 g/mol. The zero-order valence-corrected chi connectivity index (χ0v) is 10.2. The normalized spacial score (nSPS) is 12.7. The Labute approximate surface area is 94.2 Å². The standard InChI is InChI=1S/C11H17NO2S/c1-4-6-8-9(11(13)14)15-10(12-8)7(3)5-2/h7H,4-6H2,1-3H3,(H,13,14). The van der Waals surface area contributed by atoms with Gasteiger partial charge in [-0.15, -0.1) is 11.3 Å². The number of nitrogens with zero attached hydrogens (tertiary/aromatic N) is 1. The fourth-order valence-electron chi connectivity index (χ4n) is 1.33. The van der Waals surface area contributed by atoms with Gasteiger partial charge in [-0.3, -0.25) is 0 Å². The minimum absolute atomic E-state index is 0.360. The van der Waals surface area contributed by atoms with Crippen molar-refractivity contribution >= 4 is 17.3 Å². The van der Waals surface area contributed by atoms with Gasteiger partial charge in [0.25, 0.3) is 0 Å². The van der Waals surface area contributed by atoms with Crippen molar-refractivity contribution in [2.24, 2.45) is 0 Å². The Morgan fingerprint density at radius 3 is 2.67 bits per heavy atom. The summed E-state index contributed by atoms with van der Waals surface area (Å²) in [6.45, 7) is 6.21. The molecule has 0 spiro atoms. The van der Waals surface area contributed by atoms with Crippen LogP contribution >= 0.6 is 11.3 Å². The van der Waals surface area contributed by atoms with Crippen LogP contribution in [0.1, 0.15) is 59.9 Å². The van der Waals surface area contributed by atoms with Crippen molar-refractivity contribution in [1.82, 2.24) is 4.98 Å². The van der Waals surface area contributed by atoms with Gasteiger partial charge in [0.15, 0.2) is 0 Å². The van der Waals surface area contributed by atoms with E-state index in [2.05, 4.69) is 18.8 Å². The smallest absolute Gasteiger partial charge is 0.347 e. The third-order valence-electron chi connectivity index (χ3n) is 2.43. The van der Waals surface area contributed by atoms with Gasteiger partial charge in [-0.25, -0.2) is 9.78 Å². The van der Waals surface area contributed by atoms with Gasteiger partial charge in [-0.05, 0) is 12.8 Å². The molecule has 0 aliphatic rings. The van der Waals surface area contributed by atoms with E-state index in [0.717, 1.165) is 30.0 Å². The first kappa shape index (κ1) is 12.2. The molecule has 0 aliphatic carbocycles. The van der Waals surface area contributed by atoms with E-state index in [1.54, 1.807) is 0 Å². The number of aromatic carboxylic acids is 1. The van der Waals surface area contributed by atoms with E-state index in [0.29, 0.717) is 10.8 Å². The Bertz CT molecular complexity index is 346. The van der Waals surface area contributed by atoms with Crippen molar-refractivity contribution in [3.8, 4) is 0 Å². The number of aryl methyl sites for hydroxylation is 1. The van der Waals surface area contributed by atoms with Gasteiger partial charge in [0.05, 0.1) is 10.7 Å². The quantitative estimate of drug-likeness (QED) is 0.839. The lowest BCUT2D eigenvalue weighted by molar-refractivity contribution is 0.0700. The highest BCUT2D eigenvalue weighted by atomic mass is 32.1. The molecule has 1 rings (SSSR count). The van der Waals surface area contributed by atoms with Crippen molar-refractivity contribution < 1.29 is 9.90 Å². The lowest BCUT2D eigenvalue weighted by Gasteiger charge is -2.01. The van der Waals surface area contributed by atoms with Crippen molar-refractivity contribution in [2.75, 3.05) is 0 Å². The first-order valence-electron chi connectivity index (χ1n) is 5.33. The van der Waals surface area contributed by atoms with E-state index < -0.39 is 5.97 Å². The van der Waals surface area contributed by atoms with E-state index in [9.17, 15) is 4.79 Å². The van der Waals surface area contributed by atoms with Crippen LogP contribution in [0.15, 0.2) is 0 Å². The highest BCUT2D eigenvalue weighted by Gasteiger charge is 2.18. The van der Waals surface area contributed by atoms with Crippen LogP contribution in [0, 0.1) is 0 Å². The van der Waals surface area contributed by atoms with Crippen LogP contribution in [0.25, 0.3) is 0 Å². The summed E-state index contributed by atoms with van der Waals surface area (Å²) in [5, 5.41) is 9.99. The largest absolute Gasteiger partial charge is 0.477 e. The maximum Gasteiger partial charge on any atom is 0.347 e. The summed E-state index contributed by atoms with van der Waals surface area (Å²) in [5.74, 6) is -0.482. The number of carbonyl (C=O) groups is 1. The van der Waals surface area contributed by atoms with Gasteiger partial charge in [0.2, 0.25) is 0 Å². The van der Waals surface area contributed by atoms with Crippen LogP contribution < -0.4 is 0 Å². The molecule has 0 saturated heterocycles. The maximum absolute atomic E-state index is 11.0. The SMILES string of the molecule is CCCc1nc(C(C)CC)sc1C(=O)O. The summed E-state index contributed by atoms with van der Waals surface area (Å²) in [6.07, 6.45) is 2.69. The number of hydrogen-bond acceptors (Lipinski definition) is 3. The van der Waals surface area contributed by atoms with E-state index in [4.69, 9.17) is 5.11 Å². The molecule has 1 heterocycles. The molecule has 1 N–H and O–H groups in total. The fourth-order valence-corrected chi connectivity index (χ4v) is 2.41. The number of carboxylic acid groups (broad SMARTS) is 1. The van der Waals surface area contributed by atoms with Crippen LogP contribution in [0.4, 0.5) is 0 Å². The topological polar surface area (TPSA) is 50.2 Å². The summed E-state index contributed by atoms with van der Waals surface area (Å²) in [5.41, 5.74) is 0.755. The highest BCUT2D eigenvalue weighted by molar-refractivity contribution is 7.13. The van der Waals surface area contributed by atoms with Crippen molar-refractivity contribution in [2.45, 2.75) is 46.0 Å². The molecule has 1 aromatic heterocycles. The molecule has 0 saturated carbocycles. The first-order chi connectivity index (χ1) is 7.10. The predicted molar refractivity (Wildman–Crippen MR) is 61.8 cm³/mol. The van der Waals surface area contributed by atoms with Crippen molar-refractivity contribution in [1.29, 1.82) is 0 Å². The molecule has 1 atom stereocenters.